The molecule has 6 rings (SSSR count). The van der Waals surface area contributed by atoms with E-state index < -0.39 is 6.10 Å². The number of urea groups is 1. The molecule has 2 amide bonds. The molecule has 0 aliphatic carbocycles. The summed E-state index contributed by atoms with van der Waals surface area (Å²) in [7, 11) is 0. The number of halogens is 1. The van der Waals surface area contributed by atoms with Gasteiger partial charge in [0, 0.05) is 78.9 Å². The lowest BCUT2D eigenvalue weighted by molar-refractivity contribution is 0.0910. The number of nitrogens with one attached hydrogen (secondary N) is 1. The smallest absolute Gasteiger partial charge is 0.322 e. The summed E-state index contributed by atoms with van der Waals surface area (Å²) in [5, 5.41) is 19.9. The maximum Gasteiger partial charge on any atom is 0.322 e. The van der Waals surface area contributed by atoms with E-state index in [4.69, 9.17) is 16.7 Å². The van der Waals surface area contributed by atoms with Crippen LogP contribution in [0.25, 0.3) is 11.3 Å². The molecule has 1 atom stereocenters. The summed E-state index contributed by atoms with van der Waals surface area (Å²) < 4.78 is 1.96. The van der Waals surface area contributed by atoms with E-state index in [1.54, 1.807) is 0 Å². The van der Waals surface area contributed by atoms with Gasteiger partial charge >= 0.3 is 6.03 Å². The van der Waals surface area contributed by atoms with Crippen molar-refractivity contribution < 1.29 is 9.90 Å². The van der Waals surface area contributed by atoms with Crippen LogP contribution in [0, 0.1) is 6.92 Å². The Morgan fingerprint density at radius 2 is 1.64 bits per heavy atom. The van der Waals surface area contributed by atoms with Crippen molar-refractivity contribution in [3.8, 4) is 11.3 Å². The highest BCUT2D eigenvalue weighted by Crippen LogP contribution is 2.31. The lowest BCUT2D eigenvalue weighted by atomic mass is 10.0. The first-order chi connectivity index (χ1) is 20.4. The van der Waals surface area contributed by atoms with Crippen LogP contribution in [0.15, 0.2) is 78.9 Å². The van der Waals surface area contributed by atoms with E-state index in [9.17, 15) is 9.90 Å². The topological polar surface area (TPSA) is 76.9 Å². The van der Waals surface area contributed by atoms with Crippen molar-refractivity contribution >= 4 is 29.0 Å². The number of carbonyl (C=O) groups excluding carboxylic acids is 1. The molecule has 4 aromatic rings. The number of aliphatic hydroxyl groups is 1. The van der Waals surface area contributed by atoms with Crippen molar-refractivity contribution in [1.82, 2.24) is 19.6 Å². The van der Waals surface area contributed by atoms with Gasteiger partial charge in [-0.25, -0.2) is 4.79 Å². The van der Waals surface area contributed by atoms with Crippen LogP contribution in [-0.2, 0) is 19.5 Å². The van der Waals surface area contributed by atoms with Gasteiger partial charge in [-0.1, -0.05) is 60.1 Å². The van der Waals surface area contributed by atoms with Gasteiger partial charge in [-0.05, 0) is 42.8 Å². The minimum atomic E-state index is -0.559. The third-order valence-corrected chi connectivity index (χ3v) is 8.50. The van der Waals surface area contributed by atoms with Gasteiger partial charge in [0.1, 0.15) is 0 Å². The van der Waals surface area contributed by atoms with Crippen LogP contribution < -0.4 is 10.2 Å². The molecular weight excluding hydrogens is 548 g/mol. The zero-order valence-corrected chi connectivity index (χ0v) is 24.7. The summed E-state index contributed by atoms with van der Waals surface area (Å²) in [6.45, 7) is 7.88. The molecule has 218 valence electrons. The fourth-order valence-corrected chi connectivity index (χ4v) is 6.15. The molecule has 42 heavy (non-hydrogen) atoms. The number of hydrogen-bond donors (Lipinski definition) is 2. The number of aryl methyl sites for hydroxylation is 1. The molecule has 1 saturated heterocycles. The summed E-state index contributed by atoms with van der Waals surface area (Å²) in [6, 6.07) is 25.5. The zero-order valence-electron chi connectivity index (χ0n) is 23.9. The maximum atomic E-state index is 13.1. The number of rotatable bonds is 7. The Bertz CT molecular complexity index is 1520. The molecule has 0 radical (unpaired) electrons. The molecule has 8 nitrogen and oxygen atoms in total. The summed E-state index contributed by atoms with van der Waals surface area (Å²) in [4.78, 5) is 19.7. The Labute approximate surface area is 252 Å². The highest BCUT2D eigenvalue weighted by Gasteiger charge is 2.29. The predicted octanol–water partition coefficient (Wildman–Crippen LogP) is 5.29. The minimum Gasteiger partial charge on any atom is -0.390 e. The number of hydrogen-bond acceptors (Lipinski definition) is 5. The number of anilines is 2. The largest absolute Gasteiger partial charge is 0.390 e. The Morgan fingerprint density at radius 1 is 0.929 bits per heavy atom. The third kappa shape index (κ3) is 6.31. The van der Waals surface area contributed by atoms with Crippen LogP contribution >= 0.6 is 11.6 Å². The normalized spacial score (nSPS) is 16.3. The highest BCUT2D eigenvalue weighted by atomic mass is 35.5. The number of fused-ring (bicyclic) bond motifs is 1. The van der Waals surface area contributed by atoms with E-state index in [1.165, 1.54) is 11.3 Å². The van der Waals surface area contributed by atoms with Crippen molar-refractivity contribution in [2.24, 2.45) is 0 Å². The Kier molecular flexibility index (Phi) is 8.46. The first-order valence-corrected chi connectivity index (χ1v) is 15.0. The SMILES string of the molecule is Cc1ccccc1N1CCN(CC(O)Cn2nc(-c3ccc(Cl)cc3)c3c2CCN(C(=O)Nc2ccccc2)C3)CC1. The van der Waals surface area contributed by atoms with E-state index >= 15 is 0 Å². The minimum absolute atomic E-state index is 0.133. The van der Waals surface area contributed by atoms with Gasteiger partial charge in [-0.15, -0.1) is 0 Å². The molecule has 0 saturated carbocycles. The molecule has 1 aromatic heterocycles. The zero-order chi connectivity index (χ0) is 29.1. The second kappa shape index (κ2) is 12.6. The number of nitrogens with zero attached hydrogens (tertiary/aromatic N) is 5. The number of amides is 2. The van der Waals surface area contributed by atoms with Gasteiger partial charge < -0.3 is 20.2 Å². The van der Waals surface area contributed by atoms with Crippen LogP contribution in [0.3, 0.4) is 0 Å². The van der Waals surface area contributed by atoms with Crippen molar-refractivity contribution in [3.63, 3.8) is 0 Å². The van der Waals surface area contributed by atoms with E-state index in [-0.39, 0.29) is 6.03 Å². The molecule has 0 bridgehead atoms. The first kappa shape index (κ1) is 28.3. The lowest BCUT2D eigenvalue weighted by Crippen LogP contribution is -2.49. The van der Waals surface area contributed by atoms with Crippen molar-refractivity contribution in [2.45, 2.75) is 32.5 Å². The fraction of sp³-hybridized carbons (Fsp3) is 0.333. The van der Waals surface area contributed by atoms with Crippen molar-refractivity contribution in [2.75, 3.05) is 49.5 Å². The Hall–Kier alpha value is -3.85. The van der Waals surface area contributed by atoms with Crippen LogP contribution in [0.4, 0.5) is 16.2 Å². The number of carbonyl (C=O) groups is 1. The monoisotopic (exact) mass is 584 g/mol. The van der Waals surface area contributed by atoms with Gasteiger partial charge in [0.05, 0.1) is 24.9 Å². The molecule has 3 aromatic carbocycles. The first-order valence-electron chi connectivity index (χ1n) is 14.6. The average Bonchev–Trinajstić information content (AvgIpc) is 3.36. The van der Waals surface area contributed by atoms with Gasteiger partial charge in [-0.2, -0.15) is 5.10 Å². The molecule has 1 fully saturated rings. The molecular formula is C33H37ClN6O2. The Morgan fingerprint density at radius 3 is 2.38 bits per heavy atom. The molecule has 2 aliphatic heterocycles. The third-order valence-electron chi connectivity index (χ3n) is 8.24. The second-order valence-electron chi connectivity index (χ2n) is 11.2. The summed E-state index contributed by atoms with van der Waals surface area (Å²) in [5.74, 6) is 0. The molecule has 2 N–H and O–H groups in total. The van der Waals surface area contributed by atoms with Crippen LogP contribution in [0.1, 0.15) is 16.8 Å². The molecule has 2 aliphatic rings. The molecule has 3 heterocycles. The van der Waals surface area contributed by atoms with Crippen LogP contribution in [0.5, 0.6) is 0 Å². The predicted molar refractivity (Wildman–Crippen MR) is 168 cm³/mol. The summed E-state index contributed by atoms with van der Waals surface area (Å²) >= 11 is 6.17. The summed E-state index contributed by atoms with van der Waals surface area (Å²) in [5.41, 5.74) is 7.23. The average molecular weight is 585 g/mol. The number of piperazine rings is 1. The van der Waals surface area contributed by atoms with Crippen LogP contribution in [-0.4, -0.2) is 76.1 Å². The van der Waals surface area contributed by atoms with E-state index in [0.29, 0.717) is 37.6 Å². The van der Waals surface area contributed by atoms with E-state index in [1.807, 2.05) is 64.2 Å². The quantitative estimate of drug-likeness (QED) is 0.309. The highest BCUT2D eigenvalue weighted by molar-refractivity contribution is 6.30. The number of β-amino-alcohol motifs (C(OH)–C–C–N with tert-alkyl or cyclic N) is 1. The lowest BCUT2D eigenvalue weighted by Gasteiger charge is -2.37. The molecule has 1 unspecified atom stereocenters. The number of aromatic nitrogens is 2. The van der Waals surface area contributed by atoms with Gasteiger partial charge in [0.2, 0.25) is 0 Å². The van der Waals surface area contributed by atoms with Gasteiger partial charge in [0.25, 0.3) is 0 Å². The Balaban J connectivity index is 1.15. The van der Waals surface area contributed by atoms with E-state index in [2.05, 4.69) is 46.3 Å². The van der Waals surface area contributed by atoms with Crippen molar-refractivity contribution in [3.05, 3.63) is 101 Å². The standard InChI is InChI=1S/C33H37ClN6O2/c1-24-7-5-6-10-30(24)38-19-17-37(18-20-38)21-28(41)22-40-31-15-16-39(33(42)35-27-8-3-2-4-9-27)23-29(31)32(36-40)25-11-13-26(34)14-12-25/h2-14,28,41H,15-23H2,1H3,(H,35,42). The van der Waals surface area contributed by atoms with Gasteiger partial charge in [-0.3, -0.25) is 9.58 Å². The van der Waals surface area contributed by atoms with Crippen LogP contribution in [0.2, 0.25) is 5.02 Å². The maximum absolute atomic E-state index is 13.1. The number of para-hydroxylation sites is 2. The molecule has 0 spiro atoms. The number of benzene rings is 3. The summed E-state index contributed by atoms with van der Waals surface area (Å²) in [6.07, 6.45) is 0.108. The molecule has 9 heteroatoms. The van der Waals surface area contributed by atoms with Gasteiger partial charge in [0.15, 0.2) is 0 Å². The fourth-order valence-electron chi connectivity index (χ4n) is 6.02. The number of aliphatic hydroxyl groups excluding tert-OH is 1. The second-order valence-corrected chi connectivity index (χ2v) is 11.6. The van der Waals surface area contributed by atoms with Crippen molar-refractivity contribution in [1.29, 1.82) is 0 Å². The van der Waals surface area contributed by atoms with E-state index in [0.717, 1.165) is 54.4 Å².